The van der Waals surface area contributed by atoms with Crippen molar-refractivity contribution in [1.82, 2.24) is 10.3 Å². The van der Waals surface area contributed by atoms with Gasteiger partial charge in [0.05, 0.1) is 22.3 Å². The van der Waals surface area contributed by atoms with Crippen LogP contribution in [-0.4, -0.2) is 41.4 Å². The Morgan fingerprint density at radius 3 is 2.85 bits per heavy atom. The zero-order valence-electron chi connectivity index (χ0n) is 14.7. The molecular formula is C17H19ClIN3O3S. The molecule has 1 unspecified atom stereocenters. The molecule has 0 spiro atoms. The summed E-state index contributed by atoms with van der Waals surface area (Å²) in [6.45, 7) is 3.62. The predicted octanol–water partition coefficient (Wildman–Crippen LogP) is 4.09. The highest BCUT2D eigenvalue weighted by Gasteiger charge is 2.26. The molecule has 0 fully saturated rings. The van der Waals surface area contributed by atoms with E-state index in [1.54, 1.807) is 18.5 Å². The summed E-state index contributed by atoms with van der Waals surface area (Å²) < 4.78 is 6.85. The lowest BCUT2D eigenvalue weighted by Gasteiger charge is -2.24. The van der Waals surface area contributed by atoms with E-state index in [4.69, 9.17) is 16.3 Å². The molecule has 0 saturated heterocycles. The normalized spacial score (nSPS) is 13.0. The molecule has 0 radical (unpaired) electrons. The van der Waals surface area contributed by atoms with Crippen molar-refractivity contribution >= 4 is 69.0 Å². The average Bonchev–Trinajstić information content (AvgIpc) is 2.57. The Hall–Kier alpha value is -1.26. The maximum absolute atomic E-state index is 12.6. The van der Waals surface area contributed by atoms with Crippen molar-refractivity contribution in [2.75, 3.05) is 13.4 Å². The molecule has 1 amide bonds. The second-order valence-corrected chi connectivity index (χ2v) is 8.50. The first-order valence-corrected chi connectivity index (χ1v) is 10.3. The van der Waals surface area contributed by atoms with Crippen LogP contribution in [0.4, 0.5) is 0 Å². The number of carbonyl (C=O) groups excluding carboxylic acids is 1. The van der Waals surface area contributed by atoms with Crippen LogP contribution < -0.4 is 10.1 Å². The molecule has 1 atom stereocenters. The number of amides is 1. The first-order valence-electron chi connectivity index (χ1n) is 7.59. The zero-order valence-corrected chi connectivity index (χ0v) is 18.5. The van der Waals surface area contributed by atoms with Gasteiger partial charge in [0.2, 0.25) is 5.44 Å². The molecule has 0 aliphatic rings. The number of ether oxygens (including phenoxy) is 1. The third-order valence-corrected chi connectivity index (χ3v) is 4.89. The summed E-state index contributed by atoms with van der Waals surface area (Å²) in [7, 11) is 1.45. The fraction of sp³-hybridized carbons (Fsp3) is 0.353. The van der Waals surface area contributed by atoms with Crippen molar-refractivity contribution in [3.63, 3.8) is 0 Å². The van der Waals surface area contributed by atoms with E-state index in [2.05, 4.69) is 42.9 Å². The molecule has 0 bridgehead atoms. The maximum atomic E-state index is 12.6. The number of rotatable bonds is 7. The summed E-state index contributed by atoms with van der Waals surface area (Å²) in [5.41, 5.74) is -0.720. The highest BCUT2D eigenvalue weighted by atomic mass is 127. The van der Waals surface area contributed by atoms with E-state index in [0.717, 1.165) is 8.96 Å². The van der Waals surface area contributed by atoms with Crippen LogP contribution in [0.3, 0.4) is 0 Å². The third-order valence-electron chi connectivity index (χ3n) is 3.27. The summed E-state index contributed by atoms with van der Waals surface area (Å²) in [5, 5.41) is 7.90. The van der Waals surface area contributed by atoms with E-state index in [0.29, 0.717) is 16.3 Å². The summed E-state index contributed by atoms with van der Waals surface area (Å²) in [6.07, 6.45) is 5.06. The SMILES string of the molecule is CO/N=C/C(C)(C)NC(=O)C(Oc1cc(Cl)c2ncc(I)cc2c1)SC. The molecule has 6 nitrogen and oxygen atoms in total. The Morgan fingerprint density at radius 1 is 1.46 bits per heavy atom. The van der Waals surface area contributed by atoms with Gasteiger partial charge in [-0.2, -0.15) is 0 Å². The molecule has 2 aromatic rings. The largest absolute Gasteiger partial charge is 0.470 e. The molecule has 1 aromatic heterocycles. The van der Waals surface area contributed by atoms with Crippen molar-refractivity contribution in [2.45, 2.75) is 24.8 Å². The first-order chi connectivity index (χ1) is 12.3. The average molecular weight is 508 g/mol. The summed E-state index contributed by atoms with van der Waals surface area (Å²) in [6, 6.07) is 5.45. The minimum Gasteiger partial charge on any atom is -0.470 e. The molecule has 1 N–H and O–H groups in total. The van der Waals surface area contributed by atoms with Gasteiger partial charge in [-0.1, -0.05) is 16.8 Å². The van der Waals surface area contributed by atoms with Crippen LogP contribution in [0.2, 0.25) is 5.02 Å². The molecule has 140 valence electrons. The van der Waals surface area contributed by atoms with E-state index in [-0.39, 0.29) is 5.91 Å². The Bertz CT molecular complexity index is 832. The van der Waals surface area contributed by atoms with Gasteiger partial charge in [-0.25, -0.2) is 0 Å². The number of carbonyl (C=O) groups is 1. The number of fused-ring (bicyclic) bond motifs is 1. The van der Waals surface area contributed by atoms with Crippen LogP contribution >= 0.6 is 46.0 Å². The lowest BCUT2D eigenvalue weighted by atomic mass is 10.1. The quantitative estimate of drug-likeness (QED) is 0.265. The van der Waals surface area contributed by atoms with E-state index in [9.17, 15) is 4.79 Å². The Morgan fingerprint density at radius 2 is 2.19 bits per heavy atom. The second-order valence-electron chi connectivity index (χ2n) is 5.94. The topological polar surface area (TPSA) is 72.8 Å². The first kappa shape index (κ1) is 21.0. The van der Waals surface area contributed by atoms with E-state index in [1.165, 1.54) is 25.1 Å². The molecule has 9 heteroatoms. The van der Waals surface area contributed by atoms with Crippen LogP contribution in [0, 0.1) is 3.57 Å². The smallest absolute Gasteiger partial charge is 0.272 e. The highest BCUT2D eigenvalue weighted by molar-refractivity contribution is 14.1. The van der Waals surface area contributed by atoms with Crippen molar-refractivity contribution < 1.29 is 14.4 Å². The molecule has 0 saturated carbocycles. The number of nitrogens with one attached hydrogen (secondary N) is 1. The zero-order chi connectivity index (χ0) is 19.3. The number of hydrogen-bond donors (Lipinski definition) is 1. The van der Waals surface area contributed by atoms with E-state index in [1.807, 2.05) is 26.0 Å². The minimum absolute atomic E-state index is 0.276. The molecule has 2 rings (SSSR count). The van der Waals surface area contributed by atoms with Crippen LogP contribution in [-0.2, 0) is 9.63 Å². The van der Waals surface area contributed by atoms with Crippen LogP contribution in [0.5, 0.6) is 5.75 Å². The molecule has 1 aromatic carbocycles. The number of oxime groups is 1. The van der Waals surface area contributed by atoms with Crippen LogP contribution in [0.1, 0.15) is 13.8 Å². The highest BCUT2D eigenvalue weighted by Crippen LogP contribution is 2.30. The fourth-order valence-corrected chi connectivity index (χ4v) is 3.37. The molecule has 26 heavy (non-hydrogen) atoms. The molecule has 1 heterocycles. The lowest BCUT2D eigenvalue weighted by Crippen LogP contribution is -2.49. The van der Waals surface area contributed by atoms with Gasteiger partial charge in [0.25, 0.3) is 5.91 Å². The number of nitrogens with zero attached hydrogens (tertiary/aromatic N) is 2. The van der Waals surface area contributed by atoms with Crippen LogP contribution in [0.15, 0.2) is 29.6 Å². The van der Waals surface area contributed by atoms with Gasteiger partial charge in [0, 0.05) is 21.2 Å². The monoisotopic (exact) mass is 507 g/mol. The Labute approximate surface area is 175 Å². The van der Waals surface area contributed by atoms with Gasteiger partial charge < -0.3 is 14.9 Å². The van der Waals surface area contributed by atoms with Crippen molar-refractivity contribution in [3.05, 3.63) is 33.0 Å². The fourth-order valence-electron chi connectivity index (χ4n) is 2.15. The van der Waals surface area contributed by atoms with Gasteiger partial charge in [-0.15, -0.1) is 11.8 Å². The van der Waals surface area contributed by atoms with Gasteiger partial charge in [0.1, 0.15) is 12.9 Å². The number of benzene rings is 1. The molecule has 0 aliphatic carbocycles. The Kier molecular flexibility index (Phi) is 7.36. The summed E-state index contributed by atoms with van der Waals surface area (Å²) >= 11 is 9.77. The molecule has 0 aliphatic heterocycles. The van der Waals surface area contributed by atoms with Gasteiger partial charge in [0.15, 0.2) is 0 Å². The van der Waals surface area contributed by atoms with Gasteiger partial charge in [-0.05, 0) is 54.8 Å². The number of thioether (sulfide) groups is 1. The van der Waals surface area contributed by atoms with E-state index < -0.39 is 11.0 Å². The lowest BCUT2D eigenvalue weighted by molar-refractivity contribution is -0.125. The van der Waals surface area contributed by atoms with Gasteiger partial charge in [-0.3, -0.25) is 9.78 Å². The number of pyridine rings is 1. The van der Waals surface area contributed by atoms with E-state index >= 15 is 0 Å². The minimum atomic E-state index is -0.741. The molecular weight excluding hydrogens is 489 g/mol. The van der Waals surface area contributed by atoms with Gasteiger partial charge >= 0.3 is 0 Å². The predicted molar refractivity (Wildman–Crippen MR) is 115 cm³/mol. The number of halogens is 2. The number of hydrogen-bond acceptors (Lipinski definition) is 6. The summed E-state index contributed by atoms with van der Waals surface area (Å²) in [5.74, 6) is 0.228. The standard InChI is InChI=1S/C17H19ClIN3O3S/c1-17(2,9-21-24-3)22-15(23)16(26-4)25-12-6-10-5-11(19)8-20-14(10)13(18)7-12/h5-9,16H,1-4H3,(H,22,23)/b21-9+. The van der Waals surface area contributed by atoms with Crippen LogP contribution in [0.25, 0.3) is 10.9 Å². The van der Waals surface area contributed by atoms with Crippen molar-refractivity contribution in [3.8, 4) is 5.75 Å². The van der Waals surface area contributed by atoms with Crippen molar-refractivity contribution in [1.29, 1.82) is 0 Å². The second kappa shape index (κ2) is 9.09. The maximum Gasteiger partial charge on any atom is 0.272 e. The van der Waals surface area contributed by atoms with Crippen molar-refractivity contribution in [2.24, 2.45) is 5.16 Å². The third kappa shape index (κ3) is 5.62. The number of aromatic nitrogens is 1. The summed E-state index contributed by atoms with van der Waals surface area (Å²) in [4.78, 5) is 21.5. The Balaban J connectivity index is 2.20.